The standard InChI is InChI=1S/C14H18N2O3S/c1-12-10-15-14(19-12)11-16-20(17,18)9-5-8-13-6-3-2-4-7-13/h2-4,6-7,10,16H,5,8-9,11H2,1H3. The first-order chi connectivity index (χ1) is 9.55. The molecule has 1 N–H and O–H groups in total. The lowest BCUT2D eigenvalue weighted by molar-refractivity contribution is 0.463. The second kappa shape index (κ2) is 6.67. The van der Waals surface area contributed by atoms with Crippen molar-refractivity contribution < 1.29 is 12.8 Å². The molecule has 1 aromatic heterocycles. The summed E-state index contributed by atoms with van der Waals surface area (Å²) in [6, 6.07) is 9.84. The minimum atomic E-state index is -3.29. The molecular formula is C14H18N2O3S. The van der Waals surface area contributed by atoms with Gasteiger partial charge in [-0.1, -0.05) is 30.3 Å². The maximum atomic E-state index is 11.8. The second-order valence-corrected chi connectivity index (χ2v) is 6.52. The molecule has 6 heteroatoms. The van der Waals surface area contributed by atoms with E-state index in [4.69, 9.17) is 4.42 Å². The van der Waals surface area contributed by atoms with Crippen LogP contribution in [0.2, 0.25) is 0 Å². The van der Waals surface area contributed by atoms with E-state index in [0.717, 1.165) is 12.0 Å². The molecule has 2 rings (SSSR count). The number of sulfonamides is 1. The quantitative estimate of drug-likeness (QED) is 0.848. The number of aryl methyl sites for hydroxylation is 2. The van der Waals surface area contributed by atoms with Crippen molar-refractivity contribution in [3.8, 4) is 0 Å². The van der Waals surface area contributed by atoms with Crippen LogP contribution in [0.4, 0.5) is 0 Å². The van der Waals surface area contributed by atoms with Crippen molar-refractivity contribution in [1.82, 2.24) is 9.71 Å². The Bertz CT molecular complexity index is 635. The first kappa shape index (κ1) is 14.7. The Hall–Kier alpha value is -1.66. The van der Waals surface area contributed by atoms with Gasteiger partial charge in [0.15, 0.2) is 0 Å². The highest BCUT2D eigenvalue weighted by Gasteiger charge is 2.11. The lowest BCUT2D eigenvalue weighted by atomic mass is 10.1. The summed E-state index contributed by atoms with van der Waals surface area (Å²) in [6.07, 6.45) is 2.91. The Labute approximate surface area is 119 Å². The van der Waals surface area contributed by atoms with E-state index in [1.807, 2.05) is 30.3 Å². The maximum absolute atomic E-state index is 11.8. The zero-order chi connectivity index (χ0) is 14.4. The van der Waals surface area contributed by atoms with Gasteiger partial charge in [0.05, 0.1) is 18.5 Å². The number of hydrogen-bond donors (Lipinski definition) is 1. The summed E-state index contributed by atoms with van der Waals surface area (Å²) in [5.41, 5.74) is 1.14. The van der Waals surface area contributed by atoms with Crippen molar-refractivity contribution in [3.63, 3.8) is 0 Å². The normalized spacial score (nSPS) is 11.7. The lowest BCUT2D eigenvalue weighted by Gasteiger charge is -2.05. The molecule has 0 aliphatic heterocycles. The largest absolute Gasteiger partial charge is 0.445 e. The van der Waals surface area contributed by atoms with Gasteiger partial charge in [-0.3, -0.25) is 0 Å². The molecule has 0 atom stereocenters. The first-order valence-corrected chi connectivity index (χ1v) is 8.13. The van der Waals surface area contributed by atoms with Gasteiger partial charge in [0.2, 0.25) is 15.9 Å². The van der Waals surface area contributed by atoms with Crippen molar-refractivity contribution in [2.45, 2.75) is 26.3 Å². The molecular weight excluding hydrogens is 276 g/mol. The van der Waals surface area contributed by atoms with Gasteiger partial charge in [-0.25, -0.2) is 18.1 Å². The summed E-state index contributed by atoms with van der Waals surface area (Å²) >= 11 is 0. The van der Waals surface area contributed by atoms with Crippen molar-refractivity contribution >= 4 is 10.0 Å². The van der Waals surface area contributed by atoms with Crippen LogP contribution < -0.4 is 4.72 Å². The summed E-state index contributed by atoms with van der Waals surface area (Å²) in [7, 11) is -3.29. The molecule has 1 heterocycles. The summed E-state index contributed by atoms with van der Waals surface area (Å²) in [4.78, 5) is 3.95. The van der Waals surface area contributed by atoms with E-state index in [0.29, 0.717) is 18.1 Å². The predicted octanol–water partition coefficient (Wildman–Crippen LogP) is 2.04. The fourth-order valence-electron chi connectivity index (χ4n) is 1.84. The van der Waals surface area contributed by atoms with Crippen LogP contribution in [0.5, 0.6) is 0 Å². The molecule has 0 spiro atoms. The van der Waals surface area contributed by atoms with Gasteiger partial charge in [-0.2, -0.15) is 0 Å². The second-order valence-electron chi connectivity index (χ2n) is 4.59. The van der Waals surface area contributed by atoms with E-state index in [1.54, 1.807) is 13.1 Å². The van der Waals surface area contributed by atoms with Gasteiger partial charge < -0.3 is 4.42 Å². The van der Waals surface area contributed by atoms with Gasteiger partial charge in [-0.15, -0.1) is 0 Å². The zero-order valence-electron chi connectivity index (χ0n) is 11.4. The number of aromatic nitrogens is 1. The highest BCUT2D eigenvalue weighted by molar-refractivity contribution is 7.89. The van der Waals surface area contributed by atoms with Crippen molar-refractivity contribution in [3.05, 3.63) is 53.7 Å². The van der Waals surface area contributed by atoms with Crippen LogP contribution in [0.1, 0.15) is 23.6 Å². The molecule has 0 bridgehead atoms. The molecule has 0 saturated heterocycles. The molecule has 1 aromatic carbocycles. The van der Waals surface area contributed by atoms with Gasteiger partial charge in [0.1, 0.15) is 5.76 Å². The van der Waals surface area contributed by atoms with Crippen molar-refractivity contribution in [2.75, 3.05) is 5.75 Å². The van der Waals surface area contributed by atoms with E-state index in [1.165, 1.54) is 0 Å². The van der Waals surface area contributed by atoms with Crippen LogP contribution in [0.25, 0.3) is 0 Å². The molecule has 2 aromatic rings. The number of benzene rings is 1. The summed E-state index contributed by atoms with van der Waals surface area (Å²) in [5, 5.41) is 0. The summed E-state index contributed by atoms with van der Waals surface area (Å²) < 4.78 is 31.3. The molecule has 0 aliphatic rings. The average molecular weight is 294 g/mol. The molecule has 108 valence electrons. The molecule has 0 aliphatic carbocycles. The Morgan fingerprint density at radius 3 is 2.65 bits per heavy atom. The monoisotopic (exact) mass is 294 g/mol. The van der Waals surface area contributed by atoms with Crippen molar-refractivity contribution in [1.29, 1.82) is 0 Å². The molecule has 0 fully saturated rings. The highest BCUT2D eigenvalue weighted by atomic mass is 32.2. The first-order valence-electron chi connectivity index (χ1n) is 6.48. The predicted molar refractivity (Wildman–Crippen MR) is 76.6 cm³/mol. The number of nitrogens with zero attached hydrogens (tertiary/aromatic N) is 1. The van der Waals surface area contributed by atoms with Crippen LogP contribution in [-0.4, -0.2) is 19.2 Å². The number of hydrogen-bond acceptors (Lipinski definition) is 4. The van der Waals surface area contributed by atoms with Crippen molar-refractivity contribution in [2.24, 2.45) is 0 Å². The van der Waals surface area contributed by atoms with Crippen LogP contribution in [0.15, 0.2) is 40.9 Å². The summed E-state index contributed by atoms with van der Waals surface area (Å²) in [5.74, 6) is 1.15. The third kappa shape index (κ3) is 4.79. The topological polar surface area (TPSA) is 72.2 Å². The SMILES string of the molecule is Cc1cnc(CNS(=O)(=O)CCCc2ccccc2)o1. The highest BCUT2D eigenvalue weighted by Crippen LogP contribution is 2.05. The molecule has 0 saturated carbocycles. The average Bonchev–Trinajstić information content (AvgIpc) is 2.84. The van der Waals surface area contributed by atoms with E-state index in [9.17, 15) is 8.42 Å². The molecule has 20 heavy (non-hydrogen) atoms. The van der Waals surface area contributed by atoms with Gasteiger partial charge in [0, 0.05) is 0 Å². The molecule has 0 amide bonds. The van der Waals surface area contributed by atoms with Crippen LogP contribution in [-0.2, 0) is 23.0 Å². The zero-order valence-corrected chi connectivity index (χ0v) is 12.2. The lowest BCUT2D eigenvalue weighted by Crippen LogP contribution is -2.26. The minimum Gasteiger partial charge on any atom is -0.445 e. The Balaban J connectivity index is 1.76. The van der Waals surface area contributed by atoms with Crippen LogP contribution in [0, 0.1) is 6.92 Å². The van der Waals surface area contributed by atoms with E-state index in [-0.39, 0.29) is 12.3 Å². The Kier molecular flexibility index (Phi) is 4.92. The van der Waals surface area contributed by atoms with Gasteiger partial charge in [-0.05, 0) is 25.3 Å². The third-order valence-electron chi connectivity index (χ3n) is 2.83. The fraction of sp³-hybridized carbons (Fsp3) is 0.357. The van der Waals surface area contributed by atoms with E-state index < -0.39 is 10.0 Å². The smallest absolute Gasteiger partial charge is 0.212 e. The van der Waals surface area contributed by atoms with E-state index in [2.05, 4.69) is 9.71 Å². The Morgan fingerprint density at radius 2 is 2.00 bits per heavy atom. The molecule has 0 unspecified atom stereocenters. The minimum absolute atomic E-state index is 0.0987. The summed E-state index contributed by atoms with van der Waals surface area (Å²) in [6.45, 7) is 1.87. The van der Waals surface area contributed by atoms with Gasteiger partial charge >= 0.3 is 0 Å². The number of oxazole rings is 1. The fourth-order valence-corrected chi connectivity index (χ4v) is 2.85. The van der Waals surface area contributed by atoms with E-state index >= 15 is 0 Å². The van der Waals surface area contributed by atoms with Crippen LogP contribution >= 0.6 is 0 Å². The number of rotatable bonds is 7. The molecule has 5 nitrogen and oxygen atoms in total. The van der Waals surface area contributed by atoms with Crippen LogP contribution in [0.3, 0.4) is 0 Å². The Morgan fingerprint density at radius 1 is 1.25 bits per heavy atom. The third-order valence-corrected chi connectivity index (χ3v) is 4.24. The molecule has 0 radical (unpaired) electrons. The van der Waals surface area contributed by atoms with Gasteiger partial charge in [0.25, 0.3) is 0 Å². The number of nitrogens with one attached hydrogen (secondary N) is 1. The maximum Gasteiger partial charge on any atom is 0.212 e.